The molecule has 0 bridgehead atoms. The van der Waals surface area contributed by atoms with Gasteiger partial charge in [0.1, 0.15) is 0 Å². The van der Waals surface area contributed by atoms with E-state index >= 15 is 0 Å². The Labute approximate surface area is 145 Å². The minimum atomic E-state index is 0.378. The third kappa shape index (κ3) is 3.17. The number of rotatable bonds is 4. The summed E-state index contributed by atoms with van der Waals surface area (Å²) in [4.78, 5) is 5.29. The van der Waals surface area contributed by atoms with E-state index in [0.717, 1.165) is 0 Å². The Bertz CT molecular complexity index is 624. The van der Waals surface area contributed by atoms with Crippen molar-refractivity contribution in [2.75, 3.05) is 26.2 Å². The van der Waals surface area contributed by atoms with Gasteiger partial charge in [0.05, 0.1) is 6.04 Å². The summed E-state index contributed by atoms with van der Waals surface area (Å²) in [5.41, 5.74) is 4.22. The molecule has 2 aromatic carbocycles. The zero-order valence-corrected chi connectivity index (χ0v) is 14.3. The smallest absolute Gasteiger partial charge is 0.0602 e. The van der Waals surface area contributed by atoms with Crippen LogP contribution < -0.4 is 0 Å². The number of benzene rings is 2. The maximum absolute atomic E-state index is 4.14. The molecule has 0 saturated carbocycles. The molecule has 0 aromatic heterocycles. The average molecular weight is 318 g/mol. The molecule has 2 aliphatic rings. The number of piperidine rings is 1. The molecule has 2 heterocycles. The molecule has 2 saturated heterocycles. The Morgan fingerprint density at radius 1 is 0.792 bits per heavy atom. The fraction of sp³-hybridized carbons (Fsp3) is 0.364. The van der Waals surface area contributed by atoms with Gasteiger partial charge in [-0.1, -0.05) is 72.8 Å². The fourth-order valence-electron chi connectivity index (χ4n) is 4.02. The van der Waals surface area contributed by atoms with E-state index in [1.165, 1.54) is 55.7 Å². The first-order valence-electron chi connectivity index (χ1n) is 9.06. The van der Waals surface area contributed by atoms with Crippen LogP contribution in [0.4, 0.5) is 0 Å². The quantitative estimate of drug-likeness (QED) is 0.783. The van der Waals surface area contributed by atoms with E-state index < -0.39 is 0 Å². The molecule has 2 aromatic rings. The monoisotopic (exact) mass is 318 g/mol. The SMILES string of the molecule is C=C1CCN(C2CN(C(c3ccccc3)c3ccccc3)C2)CC1. The van der Waals surface area contributed by atoms with Crippen LogP contribution in [0.5, 0.6) is 0 Å². The van der Waals surface area contributed by atoms with Crippen LogP contribution in [-0.4, -0.2) is 42.0 Å². The second-order valence-electron chi connectivity index (χ2n) is 7.12. The van der Waals surface area contributed by atoms with Crippen LogP contribution in [0.3, 0.4) is 0 Å². The summed E-state index contributed by atoms with van der Waals surface area (Å²) < 4.78 is 0. The third-order valence-electron chi connectivity index (χ3n) is 5.51. The van der Waals surface area contributed by atoms with Gasteiger partial charge in [0.15, 0.2) is 0 Å². The molecule has 0 spiro atoms. The summed E-state index contributed by atoms with van der Waals surface area (Å²) in [6.07, 6.45) is 2.36. The highest BCUT2D eigenvalue weighted by Crippen LogP contribution is 2.34. The zero-order chi connectivity index (χ0) is 16.4. The van der Waals surface area contributed by atoms with Crippen LogP contribution in [0.15, 0.2) is 72.8 Å². The molecular weight excluding hydrogens is 292 g/mol. The lowest BCUT2D eigenvalue weighted by Gasteiger charge is -2.50. The zero-order valence-electron chi connectivity index (χ0n) is 14.3. The second-order valence-corrected chi connectivity index (χ2v) is 7.12. The summed E-state index contributed by atoms with van der Waals surface area (Å²) in [6, 6.07) is 22.9. The van der Waals surface area contributed by atoms with Crippen molar-refractivity contribution < 1.29 is 0 Å². The highest BCUT2D eigenvalue weighted by molar-refractivity contribution is 5.32. The summed E-state index contributed by atoms with van der Waals surface area (Å²) in [6.45, 7) is 8.86. The second kappa shape index (κ2) is 6.92. The van der Waals surface area contributed by atoms with E-state index in [4.69, 9.17) is 0 Å². The van der Waals surface area contributed by atoms with Crippen LogP contribution in [0.2, 0.25) is 0 Å². The Balaban J connectivity index is 1.49. The van der Waals surface area contributed by atoms with Gasteiger partial charge < -0.3 is 0 Å². The normalized spacial score (nSPS) is 20.3. The van der Waals surface area contributed by atoms with Crippen molar-refractivity contribution in [1.29, 1.82) is 0 Å². The van der Waals surface area contributed by atoms with Gasteiger partial charge in [-0.25, -0.2) is 0 Å². The number of hydrogen-bond acceptors (Lipinski definition) is 2. The van der Waals surface area contributed by atoms with Crippen molar-refractivity contribution in [1.82, 2.24) is 9.80 Å². The topological polar surface area (TPSA) is 6.48 Å². The van der Waals surface area contributed by atoms with Gasteiger partial charge in [0, 0.05) is 32.2 Å². The molecule has 24 heavy (non-hydrogen) atoms. The van der Waals surface area contributed by atoms with Crippen LogP contribution in [0.1, 0.15) is 30.0 Å². The summed E-state index contributed by atoms with van der Waals surface area (Å²) >= 11 is 0. The number of likely N-dealkylation sites (tertiary alicyclic amines) is 2. The summed E-state index contributed by atoms with van der Waals surface area (Å²) in [7, 11) is 0. The lowest BCUT2D eigenvalue weighted by molar-refractivity contribution is 0.0105. The Kier molecular flexibility index (Phi) is 4.50. The number of hydrogen-bond donors (Lipinski definition) is 0. The highest BCUT2D eigenvalue weighted by Gasteiger charge is 2.37. The molecule has 124 valence electrons. The molecular formula is C22H26N2. The van der Waals surface area contributed by atoms with Gasteiger partial charge in [-0.05, 0) is 24.0 Å². The van der Waals surface area contributed by atoms with Crippen molar-refractivity contribution in [3.8, 4) is 0 Å². The maximum Gasteiger partial charge on any atom is 0.0602 e. The van der Waals surface area contributed by atoms with Gasteiger partial charge in [0.25, 0.3) is 0 Å². The lowest BCUT2D eigenvalue weighted by atomic mass is 9.92. The summed E-state index contributed by atoms with van der Waals surface area (Å²) in [5, 5.41) is 0. The molecule has 4 rings (SSSR count). The molecule has 2 nitrogen and oxygen atoms in total. The molecule has 0 N–H and O–H groups in total. The highest BCUT2D eigenvalue weighted by atomic mass is 15.3. The minimum Gasteiger partial charge on any atom is -0.297 e. The minimum absolute atomic E-state index is 0.378. The van der Waals surface area contributed by atoms with Crippen LogP contribution in [0, 0.1) is 0 Å². The van der Waals surface area contributed by atoms with Crippen LogP contribution in [0.25, 0.3) is 0 Å². The molecule has 0 amide bonds. The van der Waals surface area contributed by atoms with Crippen LogP contribution >= 0.6 is 0 Å². The molecule has 0 atom stereocenters. The molecule has 2 aliphatic heterocycles. The van der Waals surface area contributed by atoms with E-state index in [1.54, 1.807) is 0 Å². The predicted molar refractivity (Wildman–Crippen MR) is 100 cm³/mol. The van der Waals surface area contributed by atoms with Gasteiger partial charge in [-0.2, -0.15) is 0 Å². The van der Waals surface area contributed by atoms with E-state index in [0.29, 0.717) is 12.1 Å². The maximum atomic E-state index is 4.14. The molecule has 0 radical (unpaired) electrons. The first-order valence-corrected chi connectivity index (χ1v) is 9.06. The van der Waals surface area contributed by atoms with Gasteiger partial charge in [0.2, 0.25) is 0 Å². The fourth-order valence-corrected chi connectivity index (χ4v) is 4.02. The van der Waals surface area contributed by atoms with Gasteiger partial charge in [-0.3, -0.25) is 9.80 Å². The summed E-state index contributed by atoms with van der Waals surface area (Å²) in [5.74, 6) is 0. The van der Waals surface area contributed by atoms with Crippen molar-refractivity contribution in [2.45, 2.75) is 24.9 Å². The Hall–Kier alpha value is -1.90. The number of nitrogens with zero attached hydrogens (tertiary/aromatic N) is 2. The van der Waals surface area contributed by atoms with Gasteiger partial charge in [-0.15, -0.1) is 0 Å². The van der Waals surface area contributed by atoms with Gasteiger partial charge >= 0.3 is 0 Å². The molecule has 2 fully saturated rings. The van der Waals surface area contributed by atoms with E-state index in [1.807, 2.05) is 0 Å². The largest absolute Gasteiger partial charge is 0.297 e. The lowest BCUT2D eigenvalue weighted by Crippen LogP contribution is -2.61. The Morgan fingerprint density at radius 2 is 1.29 bits per heavy atom. The van der Waals surface area contributed by atoms with E-state index in [2.05, 4.69) is 77.0 Å². The molecule has 0 unspecified atom stereocenters. The van der Waals surface area contributed by atoms with Crippen molar-refractivity contribution >= 4 is 0 Å². The van der Waals surface area contributed by atoms with Crippen molar-refractivity contribution in [2.24, 2.45) is 0 Å². The first-order chi connectivity index (χ1) is 11.8. The molecule has 2 heteroatoms. The van der Waals surface area contributed by atoms with Crippen molar-refractivity contribution in [3.63, 3.8) is 0 Å². The van der Waals surface area contributed by atoms with Crippen molar-refractivity contribution in [3.05, 3.63) is 83.9 Å². The molecule has 0 aliphatic carbocycles. The average Bonchev–Trinajstić information content (AvgIpc) is 2.60. The third-order valence-corrected chi connectivity index (χ3v) is 5.51. The van der Waals surface area contributed by atoms with E-state index in [9.17, 15) is 0 Å². The van der Waals surface area contributed by atoms with Crippen LogP contribution in [-0.2, 0) is 0 Å². The van der Waals surface area contributed by atoms with E-state index in [-0.39, 0.29) is 0 Å². The Morgan fingerprint density at radius 3 is 1.79 bits per heavy atom. The predicted octanol–water partition coefficient (Wildman–Crippen LogP) is 4.11. The standard InChI is InChI=1S/C22H26N2/c1-18-12-14-23(15-13-18)21-16-24(17-21)22(19-8-4-2-5-9-19)20-10-6-3-7-11-20/h2-11,21-22H,1,12-17H2. The first kappa shape index (κ1) is 15.6.